The van der Waals surface area contributed by atoms with E-state index in [9.17, 15) is 22.8 Å². The maximum Gasteiger partial charge on any atom is 0.418 e. The number of alkyl halides is 3. The van der Waals surface area contributed by atoms with Crippen LogP contribution in [0.2, 0.25) is 0 Å². The third kappa shape index (κ3) is 3.87. The first-order valence-electron chi connectivity index (χ1n) is 5.13. The Balaban J connectivity index is 2.96. The molecule has 0 spiro atoms. The highest BCUT2D eigenvalue weighted by Crippen LogP contribution is 2.32. The fourth-order valence-corrected chi connectivity index (χ4v) is 1.40. The number of aromatic carboxylic acids is 1. The van der Waals surface area contributed by atoms with Gasteiger partial charge in [0.15, 0.2) is 0 Å². The lowest BCUT2D eigenvalue weighted by molar-refractivity contribution is -0.138. The van der Waals surface area contributed by atoms with Gasteiger partial charge in [0.2, 0.25) is 5.91 Å². The highest BCUT2D eigenvalue weighted by Gasteiger charge is 2.37. The zero-order valence-corrected chi connectivity index (χ0v) is 9.70. The molecule has 1 rings (SSSR count). The van der Waals surface area contributed by atoms with Gasteiger partial charge in [-0.25, -0.2) is 4.79 Å². The summed E-state index contributed by atoms with van der Waals surface area (Å²) in [6.07, 6.45) is -2.00. The molecule has 19 heavy (non-hydrogen) atoms. The zero-order chi connectivity index (χ0) is 14.6. The van der Waals surface area contributed by atoms with Crippen LogP contribution in [0.15, 0.2) is 25.0 Å². The van der Waals surface area contributed by atoms with Crippen molar-refractivity contribution < 1.29 is 27.9 Å². The zero-order valence-electron chi connectivity index (χ0n) is 9.70. The van der Waals surface area contributed by atoms with Gasteiger partial charge in [-0.3, -0.25) is 4.79 Å². The van der Waals surface area contributed by atoms with E-state index in [1.807, 2.05) is 0 Å². The van der Waals surface area contributed by atoms with Crippen LogP contribution in [0.1, 0.15) is 15.9 Å². The number of halogens is 3. The van der Waals surface area contributed by atoms with E-state index in [0.29, 0.717) is 6.20 Å². The molecule has 1 aromatic heterocycles. The van der Waals surface area contributed by atoms with Gasteiger partial charge in [0, 0.05) is 18.9 Å². The lowest BCUT2D eigenvalue weighted by Crippen LogP contribution is -2.27. The van der Waals surface area contributed by atoms with Crippen LogP contribution in [0, 0.1) is 0 Å². The molecule has 0 bridgehead atoms. The predicted octanol–water partition coefficient (Wildman–Crippen LogP) is 1.51. The number of aromatic nitrogens is 1. The Kier molecular flexibility index (Phi) is 4.36. The van der Waals surface area contributed by atoms with Gasteiger partial charge in [-0.1, -0.05) is 6.08 Å². The second-order valence-corrected chi connectivity index (χ2v) is 3.65. The van der Waals surface area contributed by atoms with Crippen molar-refractivity contribution in [1.82, 2.24) is 9.88 Å². The number of carboxylic acids is 1. The lowest BCUT2D eigenvalue weighted by Gasteiger charge is -2.04. The summed E-state index contributed by atoms with van der Waals surface area (Å²) in [5, 5.41) is 11.1. The number of carbonyl (C=O) groups is 2. The van der Waals surface area contributed by atoms with Crippen molar-refractivity contribution in [3.05, 3.63) is 36.2 Å². The van der Waals surface area contributed by atoms with Crippen molar-refractivity contribution in [3.63, 3.8) is 0 Å². The van der Waals surface area contributed by atoms with Crippen LogP contribution in [0.25, 0.3) is 0 Å². The quantitative estimate of drug-likeness (QED) is 0.801. The van der Waals surface area contributed by atoms with Crippen molar-refractivity contribution in [2.75, 3.05) is 6.54 Å². The molecular formula is C11H11F3N2O3. The van der Waals surface area contributed by atoms with Crippen LogP contribution >= 0.6 is 0 Å². The van der Waals surface area contributed by atoms with E-state index >= 15 is 0 Å². The van der Waals surface area contributed by atoms with E-state index in [4.69, 9.17) is 5.11 Å². The minimum Gasteiger partial charge on any atom is -0.478 e. The van der Waals surface area contributed by atoms with E-state index < -0.39 is 35.7 Å². The molecule has 0 unspecified atom stereocenters. The van der Waals surface area contributed by atoms with Crippen molar-refractivity contribution in [2.24, 2.45) is 0 Å². The Morgan fingerprint density at radius 1 is 1.42 bits per heavy atom. The van der Waals surface area contributed by atoms with Gasteiger partial charge in [-0.2, -0.15) is 13.2 Å². The van der Waals surface area contributed by atoms with Crippen LogP contribution < -0.4 is 5.32 Å². The number of amides is 1. The molecule has 0 saturated heterocycles. The molecule has 8 heteroatoms. The molecule has 1 aromatic rings. The Bertz CT molecular complexity index is 506. The normalized spacial score (nSPS) is 11.1. The Morgan fingerprint density at radius 3 is 2.47 bits per heavy atom. The van der Waals surface area contributed by atoms with Crippen molar-refractivity contribution in [1.29, 1.82) is 0 Å². The first kappa shape index (κ1) is 14.8. The lowest BCUT2D eigenvalue weighted by atomic mass is 10.2. The molecule has 0 saturated carbocycles. The number of rotatable bonds is 5. The summed E-state index contributed by atoms with van der Waals surface area (Å²) in [4.78, 5) is 22.0. The van der Waals surface area contributed by atoms with Gasteiger partial charge in [-0.15, -0.1) is 6.58 Å². The molecule has 104 valence electrons. The highest BCUT2D eigenvalue weighted by molar-refractivity contribution is 5.89. The summed E-state index contributed by atoms with van der Waals surface area (Å²) < 4.78 is 38.6. The SMILES string of the molecule is C=CCNC(=O)Cn1cc(C(=O)O)c(C(F)(F)F)c1. The van der Waals surface area contributed by atoms with Crippen LogP contribution in [-0.2, 0) is 17.5 Å². The van der Waals surface area contributed by atoms with Crippen molar-refractivity contribution in [3.8, 4) is 0 Å². The molecule has 0 atom stereocenters. The maximum absolute atomic E-state index is 12.6. The maximum atomic E-state index is 12.6. The third-order valence-electron chi connectivity index (χ3n) is 2.19. The van der Waals surface area contributed by atoms with Crippen LogP contribution in [0.3, 0.4) is 0 Å². The Morgan fingerprint density at radius 2 is 2.05 bits per heavy atom. The number of carbonyl (C=O) groups excluding carboxylic acids is 1. The van der Waals surface area contributed by atoms with Gasteiger partial charge >= 0.3 is 12.1 Å². The van der Waals surface area contributed by atoms with Gasteiger partial charge in [0.1, 0.15) is 6.54 Å². The van der Waals surface area contributed by atoms with Gasteiger partial charge in [0.25, 0.3) is 0 Å². The summed E-state index contributed by atoms with van der Waals surface area (Å²) in [5.41, 5.74) is -2.17. The van der Waals surface area contributed by atoms with E-state index in [1.54, 1.807) is 0 Å². The first-order chi connectivity index (χ1) is 8.75. The molecule has 0 radical (unpaired) electrons. The average Bonchev–Trinajstić information content (AvgIpc) is 2.70. The van der Waals surface area contributed by atoms with Gasteiger partial charge in [0.05, 0.1) is 11.1 Å². The molecule has 1 amide bonds. The average molecular weight is 276 g/mol. The molecular weight excluding hydrogens is 265 g/mol. The minimum atomic E-state index is -4.78. The third-order valence-corrected chi connectivity index (χ3v) is 2.19. The molecule has 0 aliphatic carbocycles. The summed E-state index contributed by atoms with van der Waals surface area (Å²) in [6.45, 7) is 3.15. The molecule has 5 nitrogen and oxygen atoms in total. The van der Waals surface area contributed by atoms with Crippen LogP contribution in [0.5, 0.6) is 0 Å². The topological polar surface area (TPSA) is 71.3 Å². The number of nitrogens with one attached hydrogen (secondary N) is 1. The molecule has 0 aliphatic rings. The number of nitrogens with zero attached hydrogens (tertiary/aromatic N) is 1. The first-order valence-corrected chi connectivity index (χ1v) is 5.13. The summed E-state index contributed by atoms with van der Waals surface area (Å²) in [6, 6.07) is 0. The highest BCUT2D eigenvalue weighted by atomic mass is 19.4. The Hall–Kier alpha value is -2.25. The van der Waals surface area contributed by atoms with Crippen LogP contribution in [-0.4, -0.2) is 28.1 Å². The second-order valence-electron chi connectivity index (χ2n) is 3.65. The van der Waals surface area contributed by atoms with Gasteiger partial charge < -0.3 is 15.0 Å². The van der Waals surface area contributed by atoms with Crippen molar-refractivity contribution >= 4 is 11.9 Å². The van der Waals surface area contributed by atoms with E-state index in [1.165, 1.54) is 6.08 Å². The summed E-state index contributed by atoms with van der Waals surface area (Å²) in [5.74, 6) is -2.24. The second kappa shape index (κ2) is 5.59. The summed E-state index contributed by atoms with van der Waals surface area (Å²) in [7, 11) is 0. The number of hydrogen-bond donors (Lipinski definition) is 2. The minimum absolute atomic E-state index is 0.179. The Labute approximate surface area is 106 Å². The largest absolute Gasteiger partial charge is 0.478 e. The number of carboxylic acid groups (broad SMARTS) is 1. The van der Waals surface area contributed by atoms with E-state index in [-0.39, 0.29) is 6.54 Å². The fourth-order valence-electron chi connectivity index (χ4n) is 1.40. The standard InChI is InChI=1S/C11H11F3N2O3/c1-2-3-15-9(17)6-16-4-7(10(18)19)8(5-16)11(12,13)14/h2,4-5H,1,3,6H2,(H,15,17)(H,18,19). The van der Waals surface area contributed by atoms with Crippen molar-refractivity contribution in [2.45, 2.75) is 12.7 Å². The molecule has 2 N–H and O–H groups in total. The van der Waals surface area contributed by atoms with Crippen LogP contribution in [0.4, 0.5) is 13.2 Å². The smallest absolute Gasteiger partial charge is 0.418 e. The number of hydrogen-bond acceptors (Lipinski definition) is 2. The molecule has 0 aliphatic heterocycles. The monoisotopic (exact) mass is 276 g/mol. The predicted molar refractivity (Wildman–Crippen MR) is 59.6 cm³/mol. The molecule has 0 aromatic carbocycles. The van der Waals surface area contributed by atoms with E-state index in [0.717, 1.165) is 10.8 Å². The van der Waals surface area contributed by atoms with E-state index in [2.05, 4.69) is 11.9 Å². The van der Waals surface area contributed by atoms with Gasteiger partial charge in [-0.05, 0) is 0 Å². The fraction of sp³-hybridized carbons (Fsp3) is 0.273. The molecule has 1 heterocycles. The molecule has 0 fully saturated rings. The summed E-state index contributed by atoms with van der Waals surface area (Å²) >= 11 is 0.